The van der Waals surface area contributed by atoms with Crippen molar-refractivity contribution in [3.05, 3.63) is 140 Å². The van der Waals surface area contributed by atoms with Gasteiger partial charge in [0.1, 0.15) is 0 Å². The standard InChI is InChI=1S/C44H36BO2/c1-43(2,46)44(3,4)47-45-37-27-26-36-39-34(37)24-15-25-35(39)41-38(29-18-9-6-10-19-29)32-22-13-14-23-33(32)40(42(36)41)31-21-12-11-20-30(31)28-16-7-5-8-17-28/h5-27,46H,1-4H3. The van der Waals surface area contributed by atoms with Crippen molar-refractivity contribution in [3.63, 3.8) is 0 Å². The first-order valence-electron chi connectivity index (χ1n) is 16.3. The van der Waals surface area contributed by atoms with Crippen LogP contribution in [0, 0.1) is 0 Å². The minimum Gasteiger partial charge on any atom is -0.427 e. The lowest BCUT2D eigenvalue weighted by molar-refractivity contribution is -0.0893. The molecule has 3 heteroatoms. The van der Waals surface area contributed by atoms with Crippen LogP contribution in [-0.4, -0.2) is 23.8 Å². The van der Waals surface area contributed by atoms with E-state index in [1.54, 1.807) is 13.8 Å². The van der Waals surface area contributed by atoms with E-state index in [4.69, 9.17) is 4.65 Å². The quantitative estimate of drug-likeness (QED) is 0.183. The van der Waals surface area contributed by atoms with Gasteiger partial charge in [0.25, 0.3) is 0 Å². The van der Waals surface area contributed by atoms with E-state index < -0.39 is 11.2 Å². The molecule has 7 aromatic rings. The second-order valence-corrected chi connectivity index (χ2v) is 13.6. The summed E-state index contributed by atoms with van der Waals surface area (Å²) in [5.74, 6) is 0. The zero-order valence-electron chi connectivity index (χ0n) is 27.2. The summed E-state index contributed by atoms with van der Waals surface area (Å²) in [4.78, 5) is 0. The van der Waals surface area contributed by atoms with Gasteiger partial charge in [-0.15, -0.1) is 0 Å². The molecule has 1 radical (unpaired) electrons. The Labute approximate surface area is 277 Å². The molecule has 0 fully saturated rings. The summed E-state index contributed by atoms with van der Waals surface area (Å²) in [5, 5.41) is 15.6. The molecule has 1 N–H and O–H groups in total. The minimum absolute atomic E-state index is 0.773. The van der Waals surface area contributed by atoms with Crippen LogP contribution < -0.4 is 5.46 Å². The third kappa shape index (κ3) is 4.73. The highest BCUT2D eigenvalue weighted by Crippen LogP contribution is 2.58. The molecular formula is C44H36BO2. The summed E-state index contributed by atoms with van der Waals surface area (Å²) in [6.45, 7) is 7.42. The molecule has 47 heavy (non-hydrogen) atoms. The fraction of sp³-hybridized carbons (Fsp3) is 0.136. The van der Waals surface area contributed by atoms with Crippen molar-refractivity contribution >= 4 is 34.5 Å². The van der Waals surface area contributed by atoms with Crippen LogP contribution >= 0.6 is 0 Å². The van der Waals surface area contributed by atoms with Crippen LogP contribution in [0.2, 0.25) is 0 Å². The Morgan fingerprint density at radius 3 is 1.64 bits per heavy atom. The normalized spacial score (nSPS) is 12.4. The Hall–Kier alpha value is -4.96. The molecule has 0 unspecified atom stereocenters. The summed E-state index contributed by atoms with van der Waals surface area (Å²) < 4.78 is 6.30. The van der Waals surface area contributed by atoms with E-state index in [0.29, 0.717) is 0 Å². The van der Waals surface area contributed by atoms with Crippen LogP contribution in [0.1, 0.15) is 27.7 Å². The van der Waals surface area contributed by atoms with Crippen molar-refractivity contribution in [2.75, 3.05) is 0 Å². The summed E-state index contributed by atoms with van der Waals surface area (Å²) in [7, 11) is 1.82. The Balaban J connectivity index is 1.47. The van der Waals surface area contributed by atoms with Gasteiger partial charge < -0.3 is 9.76 Å². The van der Waals surface area contributed by atoms with E-state index in [2.05, 4.69) is 140 Å². The van der Waals surface area contributed by atoms with Crippen LogP contribution in [0.5, 0.6) is 0 Å². The van der Waals surface area contributed by atoms with Gasteiger partial charge in [-0.2, -0.15) is 0 Å². The number of aliphatic hydroxyl groups is 1. The molecule has 8 rings (SSSR count). The van der Waals surface area contributed by atoms with Crippen molar-refractivity contribution in [2.24, 2.45) is 0 Å². The molecule has 0 amide bonds. The van der Waals surface area contributed by atoms with Crippen LogP contribution in [0.25, 0.3) is 77.2 Å². The van der Waals surface area contributed by atoms with Gasteiger partial charge >= 0.3 is 7.48 Å². The van der Waals surface area contributed by atoms with Gasteiger partial charge in [-0.3, -0.25) is 0 Å². The van der Waals surface area contributed by atoms with E-state index in [1.165, 1.54) is 71.8 Å². The van der Waals surface area contributed by atoms with Gasteiger partial charge in [0.15, 0.2) is 0 Å². The zero-order chi connectivity index (χ0) is 32.3. The number of benzene rings is 7. The van der Waals surface area contributed by atoms with E-state index >= 15 is 0 Å². The molecule has 0 saturated carbocycles. The number of hydrogen-bond donors (Lipinski definition) is 1. The molecule has 0 aromatic heterocycles. The van der Waals surface area contributed by atoms with E-state index in [9.17, 15) is 5.11 Å². The first-order valence-corrected chi connectivity index (χ1v) is 16.3. The summed E-state index contributed by atoms with van der Waals surface area (Å²) in [5.41, 5.74) is 11.5. The topological polar surface area (TPSA) is 29.5 Å². The molecule has 227 valence electrons. The lowest BCUT2D eigenvalue weighted by Gasteiger charge is -2.37. The maximum Gasteiger partial charge on any atom is 0.331 e. The van der Waals surface area contributed by atoms with E-state index in [1.807, 2.05) is 21.3 Å². The van der Waals surface area contributed by atoms with Crippen LogP contribution in [-0.2, 0) is 4.65 Å². The third-order valence-electron chi connectivity index (χ3n) is 10.1. The minimum atomic E-state index is -1.01. The van der Waals surface area contributed by atoms with Crippen molar-refractivity contribution in [1.29, 1.82) is 0 Å². The Bertz CT molecular complexity index is 2300. The second-order valence-electron chi connectivity index (χ2n) is 13.6. The molecule has 1 aliphatic carbocycles. The van der Waals surface area contributed by atoms with Gasteiger partial charge in [-0.05, 0) is 110 Å². The smallest absolute Gasteiger partial charge is 0.331 e. The second kappa shape index (κ2) is 11.1. The number of fused-ring (bicyclic) bond motifs is 4. The van der Waals surface area contributed by atoms with Crippen molar-refractivity contribution in [2.45, 2.75) is 38.9 Å². The molecule has 0 bridgehead atoms. The third-order valence-corrected chi connectivity index (χ3v) is 10.1. The van der Waals surface area contributed by atoms with Gasteiger partial charge in [-0.1, -0.05) is 140 Å². The van der Waals surface area contributed by atoms with Crippen LogP contribution in [0.3, 0.4) is 0 Å². The average Bonchev–Trinajstić information content (AvgIpc) is 3.42. The molecule has 2 nitrogen and oxygen atoms in total. The first kappa shape index (κ1) is 29.4. The molecule has 1 aliphatic rings. The fourth-order valence-corrected chi connectivity index (χ4v) is 7.04. The highest BCUT2D eigenvalue weighted by molar-refractivity contribution is 6.52. The lowest BCUT2D eigenvalue weighted by Crippen LogP contribution is -2.49. The van der Waals surface area contributed by atoms with E-state index in [-0.39, 0.29) is 0 Å². The molecule has 0 heterocycles. The van der Waals surface area contributed by atoms with Crippen LogP contribution in [0.15, 0.2) is 140 Å². The van der Waals surface area contributed by atoms with E-state index in [0.717, 1.165) is 10.8 Å². The summed E-state index contributed by atoms with van der Waals surface area (Å²) in [6, 6.07) is 50.3. The maximum absolute atomic E-state index is 10.8. The fourth-order valence-electron chi connectivity index (χ4n) is 7.04. The highest BCUT2D eigenvalue weighted by atomic mass is 16.5. The molecular weight excluding hydrogens is 571 g/mol. The Morgan fingerprint density at radius 1 is 0.447 bits per heavy atom. The number of hydrogen-bond acceptors (Lipinski definition) is 2. The molecule has 0 atom stereocenters. The van der Waals surface area contributed by atoms with Crippen LogP contribution in [0.4, 0.5) is 0 Å². The monoisotopic (exact) mass is 607 g/mol. The summed E-state index contributed by atoms with van der Waals surface area (Å²) in [6.07, 6.45) is 0. The molecule has 0 spiro atoms. The largest absolute Gasteiger partial charge is 0.427 e. The van der Waals surface area contributed by atoms with Gasteiger partial charge in [0.05, 0.1) is 11.2 Å². The predicted octanol–water partition coefficient (Wildman–Crippen LogP) is 10.5. The van der Waals surface area contributed by atoms with Crippen molar-refractivity contribution in [3.8, 4) is 55.6 Å². The van der Waals surface area contributed by atoms with Gasteiger partial charge in [0, 0.05) is 0 Å². The predicted molar refractivity (Wildman–Crippen MR) is 199 cm³/mol. The molecule has 0 aliphatic heterocycles. The molecule has 0 saturated heterocycles. The van der Waals surface area contributed by atoms with Crippen molar-refractivity contribution in [1.82, 2.24) is 0 Å². The SMILES string of the molecule is CC(C)(O)C(C)(C)O[B]c1ccc2c3c(cccc13)-c1c-2c(-c2ccccc2-c2ccccc2)c2ccccc2c1-c1ccccc1. The van der Waals surface area contributed by atoms with Crippen molar-refractivity contribution < 1.29 is 9.76 Å². The number of rotatable bonds is 7. The summed E-state index contributed by atoms with van der Waals surface area (Å²) >= 11 is 0. The van der Waals surface area contributed by atoms with Gasteiger partial charge in [-0.25, -0.2) is 0 Å². The van der Waals surface area contributed by atoms with Gasteiger partial charge in [0.2, 0.25) is 0 Å². The lowest BCUT2D eigenvalue weighted by atomic mass is 9.79. The average molecular weight is 608 g/mol. The molecule has 7 aromatic carbocycles. The Morgan fingerprint density at radius 2 is 0.957 bits per heavy atom. The zero-order valence-corrected chi connectivity index (χ0v) is 27.2. The maximum atomic E-state index is 10.8. The Kier molecular flexibility index (Phi) is 6.95. The first-order chi connectivity index (χ1) is 22.7. The highest BCUT2D eigenvalue weighted by Gasteiger charge is 2.36.